The van der Waals surface area contributed by atoms with Crippen LogP contribution < -0.4 is 0 Å². The molecule has 4 heterocycles. The normalized spacial score (nSPS) is 21.8. The summed E-state index contributed by atoms with van der Waals surface area (Å²) < 4.78 is 1.99. The molecule has 23 heavy (non-hydrogen) atoms. The number of aromatic nitrogens is 5. The highest BCUT2D eigenvalue weighted by Crippen LogP contribution is 2.37. The molecule has 1 aliphatic rings. The van der Waals surface area contributed by atoms with Crippen LogP contribution in [0.15, 0.2) is 18.5 Å². The van der Waals surface area contributed by atoms with Crippen molar-refractivity contribution in [1.82, 2.24) is 29.5 Å². The van der Waals surface area contributed by atoms with Gasteiger partial charge < -0.3 is 15.0 Å². The lowest BCUT2D eigenvalue weighted by molar-refractivity contribution is 0.152. The van der Waals surface area contributed by atoms with E-state index in [-0.39, 0.29) is 11.8 Å². The van der Waals surface area contributed by atoms with Crippen LogP contribution >= 0.6 is 0 Å². The fourth-order valence-electron chi connectivity index (χ4n) is 3.57. The van der Waals surface area contributed by atoms with Gasteiger partial charge in [0.2, 0.25) is 0 Å². The third-order valence-corrected chi connectivity index (χ3v) is 4.79. The third kappa shape index (κ3) is 2.05. The summed E-state index contributed by atoms with van der Waals surface area (Å²) in [5.74, 6) is 1.43. The molecule has 8 heteroatoms. The summed E-state index contributed by atoms with van der Waals surface area (Å²) in [4.78, 5) is 20.3. The summed E-state index contributed by atoms with van der Waals surface area (Å²) in [6, 6.07) is 1.94. The Hall–Kier alpha value is -2.64. The van der Waals surface area contributed by atoms with Gasteiger partial charge in [0.25, 0.3) is 0 Å². The van der Waals surface area contributed by atoms with Crippen LogP contribution in [0.1, 0.15) is 25.6 Å². The van der Waals surface area contributed by atoms with Gasteiger partial charge in [-0.2, -0.15) is 0 Å². The Morgan fingerprint density at radius 3 is 2.96 bits per heavy atom. The van der Waals surface area contributed by atoms with Crippen LogP contribution in [0.25, 0.3) is 16.8 Å². The van der Waals surface area contributed by atoms with Gasteiger partial charge in [0.1, 0.15) is 5.82 Å². The molecule has 0 bridgehead atoms. The predicted octanol–water partition coefficient (Wildman–Crippen LogP) is 1.96. The minimum atomic E-state index is -0.875. The first-order valence-electron chi connectivity index (χ1n) is 7.71. The van der Waals surface area contributed by atoms with Gasteiger partial charge >= 0.3 is 6.09 Å². The van der Waals surface area contributed by atoms with E-state index < -0.39 is 6.09 Å². The largest absolute Gasteiger partial charge is 0.465 e. The number of rotatable bonds is 2. The molecule has 1 amide bonds. The molecule has 0 unspecified atom stereocenters. The van der Waals surface area contributed by atoms with Gasteiger partial charge in [-0.1, -0.05) is 13.8 Å². The van der Waals surface area contributed by atoms with Crippen molar-refractivity contribution in [2.45, 2.75) is 19.8 Å². The van der Waals surface area contributed by atoms with E-state index in [1.165, 1.54) is 4.90 Å². The summed E-state index contributed by atoms with van der Waals surface area (Å²) in [5.41, 5.74) is 2.37. The lowest BCUT2D eigenvalue weighted by Gasteiger charge is -2.20. The first-order chi connectivity index (χ1) is 11.1. The van der Waals surface area contributed by atoms with E-state index in [4.69, 9.17) is 0 Å². The van der Waals surface area contributed by atoms with E-state index in [1.54, 1.807) is 6.20 Å². The van der Waals surface area contributed by atoms with Crippen molar-refractivity contribution >= 4 is 22.9 Å². The van der Waals surface area contributed by atoms with Crippen LogP contribution in [-0.4, -0.2) is 53.8 Å². The molecule has 3 aromatic rings. The molecular weight excluding hydrogens is 296 g/mol. The summed E-state index contributed by atoms with van der Waals surface area (Å²) >= 11 is 0. The molecule has 2 N–H and O–H groups in total. The Balaban J connectivity index is 1.87. The fourth-order valence-corrected chi connectivity index (χ4v) is 3.57. The SMILES string of the molecule is CC(C)[C@@H]1CN(C(=O)O)C[C@@H]1c1nnc2cnc3[nH]ccc3n12. The zero-order chi connectivity index (χ0) is 16.1. The highest BCUT2D eigenvalue weighted by Gasteiger charge is 2.40. The molecule has 2 atom stereocenters. The number of hydrogen-bond donors (Lipinski definition) is 2. The average molecular weight is 314 g/mol. The smallest absolute Gasteiger partial charge is 0.407 e. The molecule has 0 radical (unpaired) electrons. The number of amides is 1. The van der Waals surface area contributed by atoms with Crippen molar-refractivity contribution in [2.75, 3.05) is 13.1 Å². The molecule has 120 valence electrons. The van der Waals surface area contributed by atoms with Crippen LogP contribution in [0.2, 0.25) is 0 Å². The van der Waals surface area contributed by atoms with Gasteiger partial charge in [0, 0.05) is 25.2 Å². The van der Waals surface area contributed by atoms with E-state index in [0.29, 0.717) is 24.7 Å². The zero-order valence-corrected chi connectivity index (χ0v) is 13.0. The Bertz CT molecular complexity index is 882. The topological polar surface area (TPSA) is 99.4 Å². The van der Waals surface area contributed by atoms with Crippen molar-refractivity contribution in [1.29, 1.82) is 0 Å². The van der Waals surface area contributed by atoms with Crippen LogP contribution in [0.4, 0.5) is 4.79 Å². The number of nitrogens with zero attached hydrogens (tertiary/aromatic N) is 5. The second-order valence-corrected chi connectivity index (χ2v) is 6.42. The van der Waals surface area contributed by atoms with Crippen LogP contribution in [0.3, 0.4) is 0 Å². The second-order valence-electron chi connectivity index (χ2n) is 6.42. The standard InChI is InChI=1S/C15H18N6O2/c1-8(2)9-6-20(15(22)23)7-10(9)14-19-18-12-5-17-13-11(21(12)14)3-4-16-13/h3-5,8-10,16H,6-7H2,1-2H3,(H,22,23)/t9-,10-/m0/s1. The van der Waals surface area contributed by atoms with Crippen LogP contribution in [-0.2, 0) is 0 Å². The Kier molecular flexibility index (Phi) is 3.00. The van der Waals surface area contributed by atoms with E-state index in [9.17, 15) is 9.90 Å². The Morgan fingerprint density at radius 2 is 2.22 bits per heavy atom. The highest BCUT2D eigenvalue weighted by molar-refractivity contribution is 5.74. The summed E-state index contributed by atoms with van der Waals surface area (Å²) in [7, 11) is 0. The summed E-state index contributed by atoms with van der Waals surface area (Å²) in [6.07, 6.45) is 2.64. The zero-order valence-electron chi connectivity index (χ0n) is 13.0. The summed E-state index contributed by atoms with van der Waals surface area (Å²) in [6.45, 7) is 5.24. The molecule has 0 aromatic carbocycles. The Morgan fingerprint density at radius 1 is 1.39 bits per heavy atom. The van der Waals surface area contributed by atoms with Crippen molar-refractivity contribution in [3.63, 3.8) is 0 Å². The monoisotopic (exact) mass is 314 g/mol. The third-order valence-electron chi connectivity index (χ3n) is 4.79. The van der Waals surface area contributed by atoms with Gasteiger partial charge in [0.05, 0.1) is 11.7 Å². The fraction of sp³-hybridized carbons (Fsp3) is 0.467. The number of likely N-dealkylation sites (tertiary alicyclic amines) is 1. The van der Waals surface area contributed by atoms with E-state index in [1.807, 2.05) is 16.7 Å². The van der Waals surface area contributed by atoms with Crippen LogP contribution in [0, 0.1) is 11.8 Å². The molecule has 3 aromatic heterocycles. The number of hydrogen-bond acceptors (Lipinski definition) is 4. The van der Waals surface area contributed by atoms with Gasteiger partial charge in [-0.3, -0.25) is 4.40 Å². The number of aromatic amines is 1. The van der Waals surface area contributed by atoms with Gasteiger partial charge in [-0.15, -0.1) is 10.2 Å². The molecule has 0 aliphatic carbocycles. The van der Waals surface area contributed by atoms with Gasteiger partial charge in [-0.05, 0) is 17.9 Å². The average Bonchev–Trinajstić information content (AvgIpc) is 3.22. The molecular formula is C15H18N6O2. The van der Waals surface area contributed by atoms with Gasteiger partial charge in [-0.25, -0.2) is 9.78 Å². The molecule has 4 rings (SSSR count). The minimum Gasteiger partial charge on any atom is -0.465 e. The van der Waals surface area contributed by atoms with Crippen LogP contribution in [0.5, 0.6) is 0 Å². The number of H-pyrrole nitrogens is 1. The maximum Gasteiger partial charge on any atom is 0.407 e. The maximum atomic E-state index is 11.4. The second kappa shape index (κ2) is 4.94. The van der Waals surface area contributed by atoms with Crippen molar-refractivity contribution in [2.24, 2.45) is 11.8 Å². The lowest BCUT2D eigenvalue weighted by Crippen LogP contribution is -2.27. The Labute approximate surface area is 132 Å². The van der Waals surface area contributed by atoms with E-state index >= 15 is 0 Å². The molecule has 0 saturated carbocycles. The van der Waals surface area contributed by atoms with Gasteiger partial charge in [0.15, 0.2) is 11.3 Å². The first-order valence-corrected chi connectivity index (χ1v) is 7.71. The molecule has 1 saturated heterocycles. The predicted molar refractivity (Wildman–Crippen MR) is 83.3 cm³/mol. The van der Waals surface area contributed by atoms with Crippen molar-refractivity contribution in [3.8, 4) is 0 Å². The number of carboxylic acid groups (broad SMARTS) is 1. The number of fused-ring (bicyclic) bond motifs is 3. The van der Waals surface area contributed by atoms with E-state index in [2.05, 4.69) is 34.0 Å². The molecule has 1 fully saturated rings. The molecule has 8 nitrogen and oxygen atoms in total. The lowest BCUT2D eigenvalue weighted by atomic mass is 9.85. The molecule has 1 aliphatic heterocycles. The first kappa shape index (κ1) is 14.0. The quantitative estimate of drug-likeness (QED) is 0.753. The van der Waals surface area contributed by atoms with Crippen molar-refractivity contribution < 1.29 is 9.90 Å². The minimum absolute atomic E-state index is 0.0293. The maximum absolute atomic E-state index is 11.4. The summed E-state index contributed by atoms with van der Waals surface area (Å²) in [5, 5.41) is 17.9. The highest BCUT2D eigenvalue weighted by atomic mass is 16.4. The molecule has 0 spiro atoms. The number of nitrogens with one attached hydrogen (secondary N) is 1. The number of carbonyl (C=O) groups is 1. The van der Waals surface area contributed by atoms with Crippen molar-refractivity contribution in [3.05, 3.63) is 24.3 Å². The van der Waals surface area contributed by atoms with E-state index in [0.717, 1.165) is 17.0 Å².